The molecule has 0 aliphatic heterocycles. The highest BCUT2D eigenvalue weighted by Gasteiger charge is 2.18. The zero-order chi connectivity index (χ0) is 11.4. The predicted molar refractivity (Wildman–Crippen MR) is 62.2 cm³/mol. The van der Waals surface area contributed by atoms with Crippen molar-refractivity contribution in [1.82, 2.24) is 15.2 Å². The Kier molecular flexibility index (Phi) is 4.05. The number of aryl methyl sites for hydroxylation is 2. The molecule has 1 heterocycles. The molecular weight excluding hydrogens is 188 g/mol. The number of aromatic nitrogens is 2. The van der Waals surface area contributed by atoms with Gasteiger partial charge in [-0.1, -0.05) is 6.08 Å². The van der Waals surface area contributed by atoms with Crippen LogP contribution in [0, 0.1) is 13.8 Å². The third-order valence-electron chi connectivity index (χ3n) is 2.77. The predicted octanol–water partition coefficient (Wildman–Crippen LogP) is 1.51. The summed E-state index contributed by atoms with van der Waals surface area (Å²) in [5.41, 5.74) is 6.27. The third-order valence-corrected chi connectivity index (χ3v) is 2.77. The molecule has 0 saturated carbocycles. The molecule has 4 nitrogen and oxygen atoms in total. The minimum absolute atomic E-state index is 0.164. The fraction of sp³-hybridized carbons (Fsp3) is 0.545. The molecule has 0 aromatic carbocycles. The number of hydrazine groups is 1. The summed E-state index contributed by atoms with van der Waals surface area (Å²) in [4.78, 5) is 0. The van der Waals surface area contributed by atoms with Crippen molar-refractivity contribution in [1.29, 1.82) is 0 Å². The number of hydrogen-bond donors (Lipinski definition) is 2. The maximum Gasteiger partial charge on any atom is 0.0644 e. The standard InChI is InChI=1S/C11H20N4/c1-5-6-7-10(13-12)11-8(2)14-15(4)9(11)3/h5,10,13H,1,6-7,12H2,2-4H3. The molecule has 1 rings (SSSR count). The molecule has 0 radical (unpaired) electrons. The van der Waals surface area contributed by atoms with Crippen LogP contribution >= 0.6 is 0 Å². The Bertz CT molecular complexity index is 341. The fourth-order valence-corrected chi connectivity index (χ4v) is 1.89. The molecule has 0 spiro atoms. The summed E-state index contributed by atoms with van der Waals surface area (Å²) in [5.74, 6) is 5.57. The Morgan fingerprint density at radius 1 is 1.60 bits per heavy atom. The molecule has 3 N–H and O–H groups in total. The summed E-state index contributed by atoms with van der Waals surface area (Å²) in [6, 6.07) is 0.164. The Labute approximate surface area is 91.1 Å². The summed E-state index contributed by atoms with van der Waals surface area (Å²) in [7, 11) is 1.95. The Morgan fingerprint density at radius 3 is 2.67 bits per heavy atom. The molecule has 0 aliphatic rings. The molecule has 0 saturated heterocycles. The second-order valence-electron chi connectivity index (χ2n) is 3.79. The van der Waals surface area contributed by atoms with Gasteiger partial charge in [-0.15, -0.1) is 6.58 Å². The van der Waals surface area contributed by atoms with Crippen LogP contribution in [0.4, 0.5) is 0 Å². The van der Waals surface area contributed by atoms with Crippen LogP contribution in [0.15, 0.2) is 12.7 Å². The van der Waals surface area contributed by atoms with Gasteiger partial charge in [-0.3, -0.25) is 16.0 Å². The normalized spacial score (nSPS) is 12.8. The van der Waals surface area contributed by atoms with Crippen molar-refractivity contribution in [2.45, 2.75) is 32.7 Å². The lowest BCUT2D eigenvalue weighted by atomic mass is 10.0. The third kappa shape index (κ3) is 2.46. The van der Waals surface area contributed by atoms with E-state index in [0.29, 0.717) is 0 Å². The summed E-state index contributed by atoms with van der Waals surface area (Å²) in [6.07, 6.45) is 3.81. The Balaban J connectivity index is 2.95. The van der Waals surface area contributed by atoms with Crippen LogP contribution in [-0.4, -0.2) is 9.78 Å². The fourth-order valence-electron chi connectivity index (χ4n) is 1.89. The van der Waals surface area contributed by atoms with Gasteiger partial charge in [0.25, 0.3) is 0 Å². The van der Waals surface area contributed by atoms with E-state index in [9.17, 15) is 0 Å². The number of nitrogens with two attached hydrogens (primary N) is 1. The quantitative estimate of drug-likeness (QED) is 0.438. The van der Waals surface area contributed by atoms with Crippen LogP contribution in [0.1, 0.15) is 35.8 Å². The molecule has 1 atom stereocenters. The van der Waals surface area contributed by atoms with E-state index in [1.807, 2.05) is 24.7 Å². The molecule has 0 amide bonds. The molecule has 0 aliphatic carbocycles. The molecular formula is C11H20N4. The first-order valence-electron chi connectivity index (χ1n) is 5.19. The number of allylic oxidation sites excluding steroid dienone is 1. The van der Waals surface area contributed by atoms with E-state index in [0.717, 1.165) is 18.5 Å². The van der Waals surface area contributed by atoms with Crippen LogP contribution in [-0.2, 0) is 7.05 Å². The van der Waals surface area contributed by atoms with Gasteiger partial charge in [0.05, 0.1) is 5.69 Å². The smallest absolute Gasteiger partial charge is 0.0644 e. The van der Waals surface area contributed by atoms with E-state index in [-0.39, 0.29) is 6.04 Å². The largest absolute Gasteiger partial charge is 0.272 e. The Hall–Kier alpha value is -1.13. The average molecular weight is 208 g/mol. The first-order chi connectivity index (χ1) is 7.11. The molecule has 1 aromatic heterocycles. The Morgan fingerprint density at radius 2 is 2.27 bits per heavy atom. The number of rotatable bonds is 5. The van der Waals surface area contributed by atoms with Gasteiger partial charge in [-0.2, -0.15) is 5.10 Å². The molecule has 0 fully saturated rings. The van der Waals surface area contributed by atoms with E-state index in [1.54, 1.807) is 0 Å². The van der Waals surface area contributed by atoms with E-state index in [2.05, 4.69) is 24.0 Å². The molecule has 1 aromatic rings. The molecule has 1 unspecified atom stereocenters. The van der Waals surface area contributed by atoms with Gasteiger partial charge >= 0.3 is 0 Å². The van der Waals surface area contributed by atoms with Crippen molar-refractivity contribution in [3.05, 3.63) is 29.6 Å². The molecule has 4 heteroatoms. The van der Waals surface area contributed by atoms with Crippen LogP contribution in [0.5, 0.6) is 0 Å². The lowest BCUT2D eigenvalue weighted by molar-refractivity contribution is 0.515. The van der Waals surface area contributed by atoms with E-state index < -0.39 is 0 Å². The minimum Gasteiger partial charge on any atom is -0.272 e. The van der Waals surface area contributed by atoms with Crippen molar-refractivity contribution in [2.24, 2.45) is 12.9 Å². The van der Waals surface area contributed by atoms with Gasteiger partial charge < -0.3 is 0 Å². The van der Waals surface area contributed by atoms with Gasteiger partial charge in [0.2, 0.25) is 0 Å². The lowest BCUT2D eigenvalue weighted by Crippen LogP contribution is -2.28. The van der Waals surface area contributed by atoms with Crippen molar-refractivity contribution >= 4 is 0 Å². The van der Waals surface area contributed by atoms with E-state index in [1.165, 1.54) is 11.3 Å². The SMILES string of the molecule is C=CCCC(NN)c1c(C)nn(C)c1C. The topological polar surface area (TPSA) is 55.9 Å². The first kappa shape index (κ1) is 11.9. The minimum atomic E-state index is 0.164. The van der Waals surface area contributed by atoms with Gasteiger partial charge in [-0.05, 0) is 26.7 Å². The second kappa shape index (κ2) is 5.09. The average Bonchev–Trinajstić information content (AvgIpc) is 2.45. The van der Waals surface area contributed by atoms with Crippen LogP contribution in [0.2, 0.25) is 0 Å². The molecule has 0 bridgehead atoms. The maximum atomic E-state index is 5.57. The van der Waals surface area contributed by atoms with E-state index in [4.69, 9.17) is 5.84 Å². The highest BCUT2D eigenvalue weighted by Crippen LogP contribution is 2.24. The number of nitrogens with one attached hydrogen (secondary N) is 1. The summed E-state index contributed by atoms with van der Waals surface area (Å²) < 4.78 is 1.89. The van der Waals surface area contributed by atoms with E-state index >= 15 is 0 Å². The first-order valence-corrected chi connectivity index (χ1v) is 5.19. The summed E-state index contributed by atoms with van der Waals surface area (Å²) >= 11 is 0. The van der Waals surface area contributed by atoms with Gasteiger partial charge in [0.1, 0.15) is 0 Å². The van der Waals surface area contributed by atoms with Crippen LogP contribution < -0.4 is 11.3 Å². The highest BCUT2D eigenvalue weighted by molar-refractivity contribution is 5.28. The summed E-state index contributed by atoms with van der Waals surface area (Å²) in [6.45, 7) is 7.80. The van der Waals surface area contributed by atoms with Gasteiger partial charge in [0, 0.05) is 24.3 Å². The number of nitrogens with zero attached hydrogens (tertiary/aromatic N) is 2. The second-order valence-corrected chi connectivity index (χ2v) is 3.79. The summed E-state index contributed by atoms with van der Waals surface area (Å²) in [5, 5.41) is 4.38. The molecule has 84 valence electrons. The van der Waals surface area contributed by atoms with Gasteiger partial charge in [0.15, 0.2) is 0 Å². The lowest BCUT2D eigenvalue weighted by Gasteiger charge is -2.15. The highest BCUT2D eigenvalue weighted by atomic mass is 15.3. The van der Waals surface area contributed by atoms with Crippen LogP contribution in [0.25, 0.3) is 0 Å². The van der Waals surface area contributed by atoms with Crippen LogP contribution in [0.3, 0.4) is 0 Å². The van der Waals surface area contributed by atoms with Crippen molar-refractivity contribution in [3.8, 4) is 0 Å². The van der Waals surface area contributed by atoms with Crippen molar-refractivity contribution in [2.75, 3.05) is 0 Å². The monoisotopic (exact) mass is 208 g/mol. The molecule has 15 heavy (non-hydrogen) atoms. The van der Waals surface area contributed by atoms with Crippen molar-refractivity contribution in [3.63, 3.8) is 0 Å². The zero-order valence-corrected chi connectivity index (χ0v) is 9.75. The maximum absolute atomic E-state index is 5.57. The number of hydrogen-bond acceptors (Lipinski definition) is 3. The van der Waals surface area contributed by atoms with Gasteiger partial charge in [-0.25, -0.2) is 0 Å². The van der Waals surface area contributed by atoms with Crippen molar-refractivity contribution < 1.29 is 0 Å². The zero-order valence-electron chi connectivity index (χ0n) is 9.75.